The first-order valence-electron chi connectivity index (χ1n) is 8.04. The molecule has 25 heavy (non-hydrogen) atoms. The van der Waals surface area contributed by atoms with Crippen LogP contribution in [0.4, 0.5) is 0 Å². The minimum Gasteiger partial charge on any atom is -0.497 e. The summed E-state index contributed by atoms with van der Waals surface area (Å²) < 4.78 is 5.20. The fraction of sp³-hybridized carbons (Fsp3) is 0.333. The molecule has 1 atom stereocenters. The van der Waals surface area contributed by atoms with Gasteiger partial charge in [0.25, 0.3) is 5.91 Å². The van der Waals surface area contributed by atoms with E-state index in [4.69, 9.17) is 10.00 Å². The number of pyridine rings is 1. The molecular formula is C18H18N4O3. The molecule has 3 rings (SSSR count). The Hall–Kier alpha value is -3.14. The summed E-state index contributed by atoms with van der Waals surface area (Å²) in [6, 6.07) is 8.63. The number of amides is 2. The highest BCUT2D eigenvalue weighted by Gasteiger charge is 2.28. The SMILES string of the molecule is COc1ccc2nccc(C(=O)NCC(=O)N3CCCC3C#N)c2c1. The molecule has 0 bridgehead atoms. The number of carbonyl (C=O) groups excluding carboxylic acids is 2. The van der Waals surface area contributed by atoms with Crippen molar-refractivity contribution in [2.45, 2.75) is 18.9 Å². The Balaban J connectivity index is 1.74. The van der Waals surface area contributed by atoms with Gasteiger partial charge in [0.15, 0.2) is 0 Å². The highest BCUT2D eigenvalue weighted by atomic mass is 16.5. The number of methoxy groups -OCH3 is 1. The second-order valence-electron chi connectivity index (χ2n) is 5.80. The molecule has 2 heterocycles. The van der Waals surface area contributed by atoms with Gasteiger partial charge in [0.1, 0.15) is 11.8 Å². The number of carbonyl (C=O) groups is 2. The summed E-state index contributed by atoms with van der Waals surface area (Å²) in [7, 11) is 1.55. The van der Waals surface area contributed by atoms with Crippen LogP contribution in [0.5, 0.6) is 5.75 Å². The molecule has 1 N–H and O–H groups in total. The number of nitrogens with zero attached hydrogens (tertiary/aromatic N) is 3. The van der Waals surface area contributed by atoms with Crippen molar-refractivity contribution >= 4 is 22.7 Å². The lowest BCUT2D eigenvalue weighted by atomic mass is 10.1. The summed E-state index contributed by atoms with van der Waals surface area (Å²) >= 11 is 0. The quantitative estimate of drug-likeness (QED) is 0.911. The second kappa shape index (κ2) is 7.18. The van der Waals surface area contributed by atoms with Gasteiger partial charge in [-0.3, -0.25) is 14.6 Å². The lowest BCUT2D eigenvalue weighted by Gasteiger charge is -2.19. The lowest BCUT2D eigenvalue weighted by molar-refractivity contribution is -0.130. The van der Waals surface area contributed by atoms with E-state index in [9.17, 15) is 9.59 Å². The van der Waals surface area contributed by atoms with E-state index in [0.717, 1.165) is 6.42 Å². The third kappa shape index (κ3) is 3.38. The number of fused-ring (bicyclic) bond motifs is 1. The van der Waals surface area contributed by atoms with Gasteiger partial charge in [-0.05, 0) is 37.1 Å². The van der Waals surface area contributed by atoms with Crippen LogP contribution in [-0.4, -0.2) is 47.9 Å². The Morgan fingerprint density at radius 2 is 2.28 bits per heavy atom. The Labute approximate surface area is 145 Å². The summed E-state index contributed by atoms with van der Waals surface area (Å²) in [6.45, 7) is 0.424. The summed E-state index contributed by atoms with van der Waals surface area (Å²) in [6.07, 6.45) is 3.05. The molecule has 2 amide bonds. The van der Waals surface area contributed by atoms with Crippen molar-refractivity contribution in [3.8, 4) is 11.8 Å². The first kappa shape index (κ1) is 16.7. The van der Waals surface area contributed by atoms with Crippen LogP contribution in [0.2, 0.25) is 0 Å². The number of benzene rings is 1. The van der Waals surface area contributed by atoms with Crippen LogP contribution in [-0.2, 0) is 4.79 Å². The van der Waals surface area contributed by atoms with Crippen molar-refractivity contribution in [1.29, 1.82) is 5.26 Å². The van der Waals surface area contributed by atoms with E-state index in [1.54, 1.807) is 37.6 Å². The number of rotatable bonds is 4. The van der Waals surface area contributed by atoms with Crippen LogP contribution >= 0.6 is 0 Å². The first-order valence-corrected chi connectivity index (χ1v) is 8.04. The van der Waals surface area contributed by atoms with Gasteiger partial charge in [-0.15, -0.1) is 0 Å². The fourth-order valence-corrected chi connectivity index (χ4v) is 3.00. The first-order chi connectivity index (χ1) is 12.1. The zero-order valence-electron chi connectivity index (χ0n) is 13.9. The molecule has 1 aliphatic rings. The third-order valence-electron chi connectivity index (χ3n) is 4.32. The Bertz CT molecular complexity index is 859. The lowest BCUT2D eigenvalue weighted by Crippen LogP contribution is -2.42. The Kier molecular flexibility index (Phi) is 4.80. The van der Waals surface area contributed by atoms with Gasteiger partial charge in [0.2, 0.25) is 5.91 Å². The molecule has 1 saturated heterocycles. The minimum atomic E-state index is -0.393. The number of hydrogen-bond donors (Lipinski definition) is 1. The molecule has 128 valence electrons. The molecule has 0 spiro atoms. The molecule has 7 heteroatoms. The minimum absolute atomic E-state index is 0.134. The molecular weight excluding hydrogens is 320 g/mol. The molecule has 2 aromatic rings. The molecule has 0 aliphatic carbocycles. The van der Waals surface area contributed by atoms with Crippen molar-refractivity contribution in [2.24, 2.45) is 0 Å². The largest absolute Gasteiger partial charge is 0.497 e. The highest BCUT2D eigenvalue weighted by molar-refractivity contribution is 6.07. The van der Waals surface area contributed by atoms with Crippen LogP contribution in [0, 0.1) is 11.3 Å². The van der Waals surface area contributed by atoms with E-state index in [-0.39, 0.29) is 18.4 Å². The van der Waals surface area contributed by atoms with Gasteiger partial charge in [0, 0.05) is 18.1 Å². The van der Waals surface area contributed by atoms with Gasteiger partial charge in [-0.2, -0.15) is 5.26 Å². The van der Waals surface area contributed by atoms with E-state index in [2.05, 4.69) is 16.4 Å². The number of aromatic nitrogens is 1. The summed E-state index contributed by atoms with van der Waals surface area (Å²) in [5, 5.41) is 12.4. The van der Waals surface area contributed by atoms with E-state index in [1.165, 1.54) is 4.90 Å². The molecule has 0 radical (unpaired) electrons. The maximum Gasteiger partial charge on any atom is 0.252 e. The molecule has 1 aromatic heterocycles. The second-order valence-corrected chi connectivity index (χ2v) is 5.80. The normalized spacial score (nSPS) is 16.5. The zero-order valence-corrected chi connectivity index (χ0v) is 13.9. The maximum atomic E-state index is 12.5. The van der Waals surface area contributed by atoms with Crippen molar-refractivity contribution in [2.75, 3.05) is 20.2 Å². The summed E-state index contributed by atoms with van der Waals surface area (Å²) in [4.78, 5) is 30.5. The van der Waals surface area contributed by atoms with Crippen molar-refractivity contribution in [3.63, 3.8) is 0 Å². The van der Waals surface area contributed by atoms with E-state index in [1.807, 2.05) is 0 Å². The standard InChI is InChI=1S/C18H18N4O3/c1-25-13-4-5-16-15(9-13)14(6-7-20-16)18(24)21-11-17(23)22-8-2-3-12(22)10-19/h4-7,9,12H,2-3,8,11H2,1H3,(H,21,24). The maximum absolute atomic E-state index is 12.5. The van der Waals surface area contributed by atoms with Gasteiger partial charge < -0.3 is 15.0 Å². The van der Waals surface area contributed by atoms with Crippen LogP contribution in [0.15, 0.2) is 30.5 Å². The van der Waals surface area contributed by atoms with Gasteiger partial charge in [0.05, 0.1) is 30.8 Å². The predicted molar refractivity (Wildman–Crippen MR) is 91.0 cm³/mol. The molecule has 0 saturated carbocycles. The average Bonchev–Trinajstić information content (AvgIpc) is 3.13. The Morgan fingerprint density at radius 3 is 3.04 bits per heavy atom. The van der Waals surface area contributed by atoms with Crippen LogP contribution in [0.1, 0.15) is 23.2 Å². The van der Waals surface area contributed by atoms with Crippen molar-refractivity contribution in [1.82, 2.24) is 15.2 Å². The highest BCUT2D eigenvalue weighted by Crippen LogP contribution is 2.22. The summed E-state index contributed by atoms with van der Waals surface area (Å²) in [5.74, 6) is 0.0228. The zero-order chi connectivity index (χ0) is 17.8. The van der Waals surface area contributed by atoms with E-state index >= 15 is 0 Å². The third-order valence-corrected chi connectivity index (χ3v) is 4.32. The van der Waals surface area contributed by atoms with Crippen LogP contribution < -0.4 is 10.1 Å². The molecule has 7 nitrogen and oxygen atoms in total. The predicted octanol–water partition coefficient (Wildman–Crippen LogP) is 1.49. The number of ether oxygens (including phenoxy) is 1. The van der Waals surface area contributed by atoms with Crippen molar-refractivity contribution in [3.05, 3.63) is 36.0 Å². The number of hydrogen-bond acceptors (Lipinski definition) is 5. The molecule has 1 fully saturated rings. The van der Waals surface area contributed by atoms with E-state index < -0.39 is 6.04 Å². The number of nitrogens with one attached hydrogen (secondary N) is 1. The number of nitriles is 1. The summed E-state index contributed by atoms with van der Waals surface area (Å²) in [5.41, 5.74) is 1.10. The van der Waals surface area contributed by atoms with Crippen LogP contribution in [0.3, 0.4) is 0 Å². The van der Waals surface area contributed by atoms with E-state index in [0.29, 0.717) is 35.2 Å². The van der Waals surface area contributed by atoms with Crippen molar-refractivity contribution < 1.29 is 14.3 Å². The fourth-order valence-electron chi connectivity index (χ4n) is 3.00. The van der Waals surface area contributed by atoms with Gasteiger partial charge in [-0.25, -0.2) is 0 Å². The van der Waals surface area contributed by atoms with Gasteiger partial charge >= 0.3 is 0 Å². The Morgan fingerprint density at radius 1 is 1.44 bits per heavy atom. The topological polar surface area (TPSA) is 95.3 Å². The molecule has 1 unspecified atom stereocenters. The average molecular weight is 338 g/mol. The van der Waals surface area contributed by atoms with Gasteiger partial charge in [-0.1, -0.05) is 0 Å². The molecule has 1 aliphatic heterocycles. The van der Waals surface area contributed by atoms with Crippen LogP contribution in [0.25, 0.3) is 10.9 Å². The smallest absolute Gasteiger partial charge is 0.252 e. The monoisotopic (exact) mass is 338 g/mol. The number of likely N-dealkylation sites (tertiary alicyclic amines) is 1. The molecule has 1 aromatic carbocycles.